The maximum absolute atomic E-state index is 11.6. The lowest BCUT2D eigenvalue weighted by Gasteiger charge is -2.19. The molecule has 0 radical (unpaired) electrons. The molecule has 0 spiro atoms. The fourth-order valence-corrected chi connectivity index (χ4v) is 2.88. The zero-order valence-electron chi connectivity index (χ0n) is 12.5. The first-order valence-corrected chi connectivity index (χ1v) is 8.60. The van der Waals surface area contributed by atoms with Gasteiger partial charge in [0.05, 0.1) is 20.0 Å². The second-order valence-electron chi connectivity index (χ2n) is 4.71. The van der Waals surface area contributed by atoms with E-state index in [-0.39, 0.29) is 11.8 Å². The molecular weight excluding hydrogens is 278 g/mol. The Morgan fingerprint density at radius 2 is 1.85 bits per heavy atom. The fourth-order valence-electron chi connectivity index (χ4n) is 1.96. The molecule has 0 aliphatic carbocycles. The monoisotopic (exact) mass is 301 g/mol. The molecule has 0 aromatic heterocycles. The van der Waals surface area contributed by atoms with Gasteiger partial charge in [0.2, 0.25) is 0 Å². The molecule has 0 fully saturated rings. The molecule has 1 aromatic rings. The molecule has 1 N–H and O–H groups in total. The highest BCUT2D eigenvalue weighted by atomic mass is 32.2. The van der Waals surface area contributed by atoms with Crippen molar-refractivity contribution in [2.75, 3.05) is 32.8 Å². The summed E-state index contributed by atoms with van der Waals surface area (Å²) in [5, 5.41) is 3.26. The van der Waals surface area contributed by atoms with Crippen molar-refractivity contribution in [3.63, 3.8) is 0 Å². The maximum Gasteiger partial charge on any atom is 0.161 e. The van der Waals surface area contributed by atoms with Gasteiger partial charge in [-0.3, -0.25) is 0 Å². The van der Waals surface area contributed by atoms with E-state index in [0.717, 1.165) is 18.5 Å². The number of hydrogen-bond donors (Lipinski definition) is 1. The Labute approximate surface area is 121 Å². The number of rotatable bonds is 8. The van der Waals surface area contributed by atoms with Gasteiger partial charge in [-0.05, 0) is 30.7 Å². The summed E-state index contributed by atoms with van der Waals surface area (Å²) < 4.78 is 33.6. The molecule has 1 unspecified atom stereocenters. The highest BCUT2D eigenvalue weighted by Gasteiger charge is 2.18. The van der Waals surface area contributed by atoms with Gasteiger partial charge < -0.3 is 14.8 Å². The second kappa shape index (κ2) is 7.50. The van der Waals surface area contributed by atoms with Gasteiger partial charge in [-0.25, -0.2) is 8.42 Å². The molecule has 0 bridgehead atoms. The summed E-state index contributed by atoms with van der Waals surface area (Å²) in [6.45, 7) is 2.80. The summed E-state index contributed by atoms with van der Waals surface area (Å²) in [6.07, 6.45) is 2.18. The van der Waals surface area contributed by atoms with E-state index in [9.17, 15) is 8.42 Å². The predicted octanol–water partition coefficient (Wildman–Crippen LogP) is 1.79. The van der Waals surface area contributed by atoms with Crippen LogP contribution in [0.4, 0.5) is 0 Å². The number of ether oxygens (including phenoxy) is 2. The lowest BCUT2D eigenvalue weighted by atomic mass is 10.1. The van der Waals surface area contributed by atoms with Crippen molar-refractivity contribution in [3.8, 4) is 11.5 Å². The van der Waals surface area contributed by atoms with Crippen LogP contribution in [0.15, 0.2) is 18.2 Å². The third kappa shape index (κ3) is 5.02. The zero-order chi connectivity index (χ0) is 15.2. The smallest absolute Gasteiger partial charge is 0.161 e. The Kier molecular flexibility index (Phi) is 6.29. The van der Waals surface area contributed by atoms with Crippen LogP contribution in [-0.2, 0) is 9.84 Å². The van der Waals surface area contributed by atoms with Crippen LogP contribution < -0.4 is 14.8 Å². The van der Waals surface area contributed by atoms with Gasteiger partial charge in [-0.2, -0.15) is 0 Å². The second-order valence-corrected chi connectivity index (χ2v) is 6.90. The molecule has 0 aliphatic rings. The molecule has 114 valence electrons. The SMILES string of the molecule is CCCNC(CS(C)(=O)=O)c1ccc(OC)c(OC)c1. The summed E-state index contributed by atoms with van der Waals surface area (Å²) in [4.78, 5) is 0. The molecule has 0 heterocycles. The number of benzene rings is 1. The van der Waals surface area contributed by atoms with Gasteiger partial charge in [0, 0.05) is 12.3 Å². The quantitative estimate of drug-likeness (QED) is 0.793. The first kappa shape index (κ1) is 16.8. The predicted molar refractivity (Wildman–Crippen MR) is 80.3 cm³/mol. The summed E-state index contributed by atoms with van der Waals surface area (Å²) in [6, 6.07) is 5.22. The van der Waals surface area contributed by atoms with Gasteiger partial charge in [0.1, 0.15) is 9.84 Å². The van der Waals surface area contributed by atoms with Crippen LogP contribution in [0.5, 0.6) is 11.5 Å². The van der Waals surface area contributed by atoms with Gasteiger partial charge in [-0.1, -0.05) is 13.0 Å². The number of hydrogen-bond acceptors (Lipinski definition) is 5. The molecule has 0 saturated carbocycles. The molecule has 0 amide bonds. The van der Waals surface area contributed by atoms with Crippen molar-refractivity contribution in [1.29, 1.82) is 0 Å². The highest BCUT2D eigenvalue weighted by molar-refractivity contribution is 7.90. The van der Waals surface area contributed by atoms with Crippen molar-refractivity contribution in [2.45, 2.75) is 19.4 Å². The van der Waals surface area contributed by atoms with Crippen LogP contribution in [0.2, 0.25) is 0 Å². The third-order valence-electron chi connectivity index (χ3n) is 2.92. The topological polar surface area (TPSA) is 64.6 Å². The van der Waals surface area contributed by atoms with Crippen LogP contribution in [0.3, 0.4) is 0 Å². The van der Waals surface area contributed by atoms with E-state index >= 15 is 0 Å². The zero-order valence-corrected chi connectivity index (χ0v) is 13.3. The van der Waals surface area contributed by atoms with Gasteiger partial charge in [0.25, 0.3) is 0 Å². The standard InChI is InChI=1S/C14H23NO4S/c1-5-8-15-12(10-20(4,16)17)11-6-7-13(18-2)14(9-11)19-3/h6-7,9,12,15H,5,8,10H2,1-4H3. The molecule has 6 heteroatoms. The largest absolute Gasteiger partial charge is 0.493 e. The van der Waals surface area contributed by atoms with Crippen LogP contribution >= 0.6 is 0 Å². The average Bonchev–Trinajstić information content (AvgIpc) is 2.41. The summed E-state index contributed by atoms with van der Waals surface area (Å²) in [7, 11) is 0.0607. The Hall–Kier alpha value is -1.27. The minimum atomic E-state index is -3.07. The highest BCUT2D eigenvalue weighted by Crippen LogP contribution is 2.30. The Morgan fingerprint density at radius 3 is 2.35 bits per heavy atom. The molecular formula is C14H23NO4S. The first-order valence-electron chi connectivity index (χ1n) is 6.54. The fraction of sp³-hybridized carbons (Fsp3) is 0.571. The molecule has 5 nitrogen and oxygen atoms in total. The van der Waals surface area contributed by atoms with Crippen molar-refractivity contribution in [2.24, 2.45) is 0 Å². The van der Waals surface area contributed by atoms with Gasteiger partial charge in [-0.15, -0.1) is 0 Å². The lowest BCUT2D eigenvalue weighted by molar-refractivity contribution is 0.354. The van der Waals surface area contributed by atoms with E-state index in [0.29, 0.717) is 11.5 Å². The van der Waals surface area contributed by atoms with E-state index in [4.69, 9.17) is 9.47 Å². The van der Waals surface area contributed by atoms with Crippen molar-refractivity contribution in [1.82, 2.24) is 5.32 Å². The Bertz CT molecular complexity index is 528. The van der Waals surface area contributed by atoms with Crippen LogP contribution in [0, 0.1) is 0 Å². The molecule has 20 heavy (non-hydrogen) atoms. The van der Waals surface area contributed by atoms with Crippen molar-refractivity contribution in [3.05, 3.63) is 23.8 Å². The number of nitrogens with one attached hydrogen (secondary N) is 1. The lowest BCUT2D eigenvalue weighted by Crippen LogP contribution is -2.28. The number of methoxy groups -OCH3 is 2. The molecule has 1 rings (SSSR count). The normalized spacial score (nSPS) is 13.0. The van der Waals surface area contributed by atoms with Crippen LogP contribution in [0.25, 0.3) is 0 Å². The average molecular weight is 301 g/mol. The van der Waals surface area contributed by atoms with Gasteiger partial charge >= 0.3 is 0 Å². The number of sulfone groups is 1. The van der Waals surface area contributed by atoms with Crippen molar-refractivity contribution >= 4 is 9.84 Å². The van der Waals surface area contributed by atoms with E-state index < -0.39 is 9.84 Å². The minimum absolute atomic E-state index is 0.0580. The van der Waals surface area contributed by atoms with E-state index in [1.807, 2.05) is 19.1 Å². The molecule has 1 aromatic carbocycles. The molecule has 0 aliphatic heterocycles. The first-order chi connectivity index (χ1) is 9.41. The molecule has 1 atom stereocenters. The summed E-state index contributed by atoms with van der Waals surface area (Å²) >= 11 is 0. The van der Waals surface area contributed by atoms with Gasteiger partial charge in [0.15, 0.2) is 11.5 Å². The van der Waals surface area contributed by atoms with Crippen LogP contribution in [0.1, 0.15) is 24.9 Å². The third-order valence-corrected chi connectivity index (χ3v) is 3.86. The molecule has 0 saturated heterocycles. The maximum atomic E-state index is 11.6. The van der Waals surface area contributed by atoms with Crippen molar-refractivity contribution < 1.29 is 17.9 Å². The van der Waals surface area contributed by atoms with E-state index in [1.54, 1.807) is 20.3 Å². The summed E-state index contributed by atoms with van der Waals surface area (Å²) in [5.74, 6) is 1.29. The Balaban J connectivity index is 3.06. The Morgan fingerprint density at radius 1 is 1.20 bits per heavy atom. The van der Waals surface area contributed by atoms with E-state index in [2.05, 4.69) is 5.32 Å². The van der Waals surface area contributed by atoms with Crippen LogP contribution in [-0.4, -0.2) is 41.2 Å². The minimum Gasteiger partial charge on any atom is -0.493 e. The summed E-state index contributed by atoms with van der Waals surface area (Å²) in [5.41, 5.74) is 0.876. The van der Waals surface area contributed by atoms with E-state index in [1.165, 1.54) is 6.26 Å².